The minimum atomic E-state index is -3.89. The summed E-state index contributed by atoms with van der Waals surface area (Å²) in [5.41, 5.74) is -0.287. The van der Waals surface area contributed by atoms with Crippen LogP contribution in [0.25, 0.3) is 0 Å². The van der Waals surface area contributed by atoms with Crippen LogP contribution in [0.3, 0.4) is 0 Å². The first-order chi connectivity index (χ1) is 30.3. The Labute approximate surface area is 381 Å². The molecule has 14 nitrogen and oxygen atoms in total. The van der Waals surface area contributed by atoms with Gasteiger partial charge in [-0.05, 0) is 123 Å². The van der Waals surface area contributed by atoms with Crippen molar-refractivity contribution in [2.24, 2.45) is 41.4 Å². The molecular formula is C49H68F2O14. The normalized spacial score (nSPS) is 31.1. The molecule has 0 spiro atoms. The van der Waals surface area contributed by atoms with Crippen LogP contribution < -0.4 is 0 Å². The van der Waals surface area contributed by atoms with Crippen LogP contribution in [0.15, 0.2) is 49.1 Å². The van der Waals surface area contributed by atoms with Crippen molar-refractivity contribution < 1.29 is 75.5 Å². The molecule has 7 atom stereocenters. The van der Waals surface area contributed by atoms with E-state index in [9.17, 15) is 42.3 Å². The summed E-state index contributed by atoms with van der Waals surface area (Å²) in [7, 11) is 0. The molecular weight excluding hydrogens is 851 g/mol. The number of ether oxygens (including phenoxy) is 7. The van der Waals surface area contributed by atoms with Gasteiger partial charge in [0.1, 0.15) is 23.4 Å². The molecule has 0 aromatic rings. The number of esters is 7. The highest BCUT2D eigenvalue weighted by Crippen LogP contribution is 2.61. The third-order valence-corrected chi connectivity index (χ3v) is 13.2. The van der Waals surface area contributed by atoms with Crippen LogP contribution in [-0.2, 0) is 66.7 Å². The van der Waals surface area contributed by atoms with E-state index in [4.69, 9.17) is 14.2 Å². The summed E-state index contributed by atoms with van der Waals surface area (Å²) in [5.74, 6) is -4.57. The molecule has 16 heteroatoms. The molecule has 65 heavy (non-hydrogen) atoms. The monoisotopic (exact) mass is 918 g/mol. The van der Waals surface area contributed by atoms with Crippen LogP contribution in [0.5, 0.6) is 0 Å². The quantitative estimate of drug-likeness (QED) is 0.0982. The number of rotatable bonds is 13. The van der Waals surface area contributed by atoms with Crippen LogP contribution in [0.4, 0.5) is 8.78 Å². The van der Waals surface area contributed by atoms with Gasteiger partial charge >= 0.3 is 47.7 Å². The molecule has 0 radical (unpaired) electrons. The van der Waals surface area contributed by atoms with E-state index in [0.717, 1.165) is 37.2 Å². The molecule has 0 aromatic carbocycles. The topological polar surface area (TPSA) is 184 Å². The lowest BCUT2D eigenvalue weighted by Crippen LogP contribution is -2.59. The molecule has 7 unspecified atom stereocenters. The van der Waals surface area contributed by atoms with Crippen molar-refractivity contribution in [3.8, 4) is 0 Å². The predicted molar refractivity (Wildman–Crippen MR) is 231 cm³/mol. The number of carbonyl (C=O) groups excluding carboxylic acids is 7. The Morgan fingerprint density at radius 1 is 0.815 bits per heavy atom. The molecule has 6 aliphatic carbocycles. The van der Waals surface area contributed by atoms with Gasteiger partial charge < -0.3 is 33.2 Å². The van der Waals surface area contributed by atoms with E-state index in [0.29, 0.717) is 48.3 Å². The second-order valence-electron chi connectivity index (χ2n) is 19.5. The molecule has 6 bridgehead atoms. The maximum Gasteiger partial charge on any atom is 0.381 e. The molecule has 0 aromatic heterocycles. The van der Waals surface area contributed by atoms with Gasteiger partial charge in [-0.3, -0.25) is 4.79 Å². The summed E-state index contributed by atoms with van der Waals surface area (Å²) < 4.78 is 63.3. The fourth-order valence-electron chi connectivity index (χ4n) is 10.4. The summed E-state index contributed by atoms with van der Waals surface area (Å²) >= 11 is 0. The highest BCUT2D eigenvalue weighted by atomic mass is 19.3. The van der Waals surface area contributed by atoms with Gasteiger partial charge in [-0.1, -0.05) is 46.6 Å². The Morgan fingerprint density at radius 2 is 1.38 bits per heavy atom. The van der Waals surface area contributed by atoms with E-state index in [1.54, 1.807) is 20.8 Å². The lowest BCUT2D eigenvalue weighted by Gasteiger charge is -2.60. The molecule has 362 valence electrons. The van der Waals surface area contributed by atoms with Crippen molar-refractivity contribution >= 4 is 41.8 Å². The van der Waals surface area contributed by atoms with E-state index >= 15 is 0 Å². The third-order valence-electron chi connectivity index (χ3n) is 13.2. The average Bonchev–Trinajstić information content (AvgIpc) is 3.97. The zero-order valence-corrected chi connectivity index (χ0v) is 39.2. The molecule has 2 saturated heterocycles. The standard InChI is InChI=1S/C16H24O2.C14H22F2O4.C12H14O4.C7H8O4/c1-4-16(18-15(17)10(2)3)13-6-11-5-12(8-13)9-14(16)7-11;1-7-8-10(19-11(17)9(2)3)14(15,16)12(18)20-13(4,5)6;1-5(2)11(13)15-9-6-3-7-8(4-6)12(14)16-10(7)9;1-2-6(8)11-5-3-4-10-7(5)9/h11-14H,2,4-9H2,1,3H3;10H,2,7-8H2,1,3-6H3;6-10H,1,3-4H2,2H3;2,5H,1,3-4H2. The molecule has 6 saturated carbocycles. The Balaban J connectivity index is 0.000000193. The average molecular weight is 919 g/mol. The second kappa shape index (κ2) is 21.6. The smallest absolute Gasteiger partial charge is 0.381 e. The molecule has 2 aliphatic heterocycles. The fraction of sp³-hybridized carbons (Fsp3) is 0.694. The van der Waals surface area contributed by atoms with Crippen molar-refractivity contribution in [2.45, 2.75) is 168 Å². The molecule has 8 rings (SSSR count). The molecule has 8 fully saturated rings. The van der Waals surface area contributed by atoms with Gasteiger partial charge in [-0.2, -0.15) is 8.78 Å². The highest BCUT2D eigenvalue weighted by molar-refractivity contribution is 5.89. The highest BCUT2D eigenvalue weighted by Gasteiger charge is 2.63. The van der Waals surface area contributed by atoms with E-state index in [-0.39, 0.29) is 59.5 Å². The first kappa shape index (κ1) is 52.7. The number of carbonyl (C=O) groups is 7. The lowest BCUT2D eigenvalue weighted by atomic mass is 9.49. The van der Waals surface area contributed by atoms with E-state index in [1.807, 2.05) is 0 Å². The Morgan fingerprint density at radius 3 is 1.85 bits per heavy atom. The second-order valence-corrected chi connectivity index (χ2v) is 19.5. The zero-order chi connectivity index (χ0) is 48.8. The van der Waals surface area contributed by atoms with Crippen LogP contribution in [0.1, 0.15) is 126 Å². The van der Waals surface area contributed by atoms with Gasteiger partial charge in [0.05, 0.1) is 12.5 Å². The van der Waals surface area contributed by atoms with Gasteiger partial charge in [0.2, 0.25) is 6.10 Å². The van der Waals surface area contributed by atoms with Gasteiger partial charge in [-0.15, -0.1) is 0 Å². The summed E-state index contributed by atoms with van der Waals surface area (Å²) in [6, 6.07) is 0. The molecule has 0 N–H and O–H groups in total. The van der Waals surface area contributed by atoms with Crippen molar-refractivity contribution in [3.63, 3.8) is 0 Å². The van der Waals surface area contributed by atoms with Crippen molar-refractivity contribution in [1.29, 1.82) is 0 Å². The largest absolute Gasteiger partial charge is 0.463 e. The Kier molecular flexibility index (Phi) is 17.5. The maximum absolute atomic E-state index is 14.0. The summed E-state index contributed by atoms with van der Waals surface area (Å²) in [5, 5.41) is 0. The summed E-state index contributed by atoms with van der Waals surface area (Å²) in [6.45, 7) is 27.1. The van der Waals surface area contributed by atoms with Gasteiger partial charge in [-0.25, -0.2) is 28.8 Å². The van der Waals surface area contributed by atoms with E-state index in [1.165, 1.54) is 59.8 Å². The number of alkyl halides is 2. The van der Waals surface area contributed by atoms with Crippen LogP contribution in [0, 0.1) is 41.4 Å². The predicted octanol–water partition coefficient (Wildman–Crippen LogP) is 8.05. The fourth-order valence-corrected chi connectivity index (χ4v) is 10.4. The van der Waals surface area contributed by atoms with Crippen molar-refractivity contribution in [1.82, 2.24) is 0 Å². The first-order valence-corrected chi connectivity index (χ1v) is 22.7. The molecule has 0 amide bonds. The van der Waals surface area contributed by atoms with Crippen molar-refractivity contribution in [2.75, 3.05) is 6.61 Å². The maximum atomic E-state index is 14.0. The van der Waals surface area contributed by atoms with Crippen LogP contribution in [-0.4, -0.2) is 89.9 Å². The zero-order valence-electron chi connectivity index (χ0n) is 39.2. The van der Waals surface area contributed by atoms with Crippen molar-refractivity contribution in [3.05, 3.63) is 49.1 Å². The Hall–Kier alpha value is -4.89. The number of hydrogen-bond donors (Lipinski definition) is 0. The first-order valence-electron chi connectivity index (χ1n) is 22.7. The summed E-state index contributed by atoms with van der Waals surface area (Å²) in [4.78, 5) is 79.1. The third kappa shape index (κ3) is 12.7. The van der Waals surface area contributed by atoms with Gasteiger partial charge in [0, 0.05) is 41.1 Å². The van der Waals surface area contributed by atoms with E-state index in [2.05, 4.69) is 52.2 Å². The van der Waals surface area contributed by atoms with E-state index < -0.39 is 47.6 Å². The van der Waals surface area contributed by atoms with Crippen LogP contribution in [0.2, 0.25) is 0 Å². The van der Waals surface area contributed by atoms with Crippen LogP contribution >= 0.6 is 0 Å². The van der Waals surface area contributed by atoms with Gasteiger partial charge in [0.15, 0.2) is 6.10 Å². The minimum absolute atomic E-state index is 0.00825. The number of fused-ring (bicyclic) bond motifs is 1. The molecule has 8 aliphatic rings. The number of halogens is 2. The SMILES string of the molecule is C=C(C)C(=O)OC(CCC)C(F)(F)C(=O)OC(C)(C)C.C=C(C)C(=O)OC1(CC)C2CC3CC(C2)CC1C3.C=C(C)C(=O)OC1C2CC3C(=O)OC1C3C2.C=CC(=O)OC1CCOC1=O. The number of hydrogen-bond acceptors (Lipinski definition) is 14. The lowest BCUT2D eigenvalue weighted by molar-refractivity contribution is -0.207. The van der Waals surface area contributed by atoms with Gasteiger partial charge in [0.25, 0.3) is 0 Å². The number of cyclic esters (lactones) is 1. The summed E-state index contributed by atoms with van der Waals surface area (Å²) in [6.07, 6.45) is 7.93. The minimum Gasteiger partial charge on any atom is -0.463 e. The molecule has 2 heterocycles. The Bertz CT molecular complexity index is 1850.